The summed E-state index contributed by atoms with van der Waals surface area (Å²) < 4.78 is 6.86. The molecule has 3 aromatic carbocycles. The van der Waals surface area contributed by atoms with Crippen LogP contribution in [0.1, 0.15) is 15.9 Å². The van der Waals surface area contributed by atoms with Crippen molar-refractivity contribution in [3.05, 3.63) is 88.4 Å². The normalized spacial score (nSPS) is 14.5. The second-order valence-corrected chi connectivity index (χ2v) is 9.92. The van der Waals surface area contributed by atoms with Crippen LogP contribution in [0.5, 0.6) is 0 Å². The second-order valence-electron chi connectivity index (χ2n) is 8.20. The molecule has 1 aliphatic rings. The molecule has 1 fully saturated rings. The Hall–Kier alpha value is -2.74. The minimum Gasteiger partial charge on any atom is -0.353 e. The number of rotatable bonds is 6. The van der Waals surface area contributed by atoms with Crippen LogP contribution in [-0.2, 0) is 6.42 Å². The van der Waals surface area contributed by atoms with Crippen LogP contribution in [0, 0.1) is 0 Å². The van der Waals surface area contributed by atoms with E-state index in [0.29, 0.717) is 5.56 Å². The highest BCUT2D eigenvalue weighted by Crippen LogP contribution is 2.30. The van der Waals surface area contributed by atoms with Gasteiger partial charge in [0.15, 0.2) is 0 Å². The number of benzene rings is 3. The topological polar surface area (TPSA) is 48.5 Å². The SMILES string of the molecule is O=C(Nc1ccccc1CCN1CCN(c2nsc3ccccc23)CC1)c1cccc(Br)c1. The van der Waals surface area contributed by atoms with E-state index in [1.165, 1.54) is 10.1 Å². The Morgan fingerprint density at radius 2 is 1.76 bits per heavy atom. The number of anilines is 2. The van der Waals surface area contributed by atoms with Crippen LogP contribution in [0.2, 0.25) is 0 Å². The molecule has 0 spiro atoms. The average molecular weight is 521 g/mol. The van der Waals surface area contributed by atoms with Gasteiger partial charge in [0.25, 0.3) is 5.91 Å². The largest absolute Gasteiger partial charge is 0.353 e. The molecule has 5 nitrogen and oxygen atoms in total. The summed E-state index contributed by atoms with van der Waals surface area (Å²) in [5, 5.41) is 4.35. The predicted octanol–water partition coefficient (Wildman–Crippen LogP) is 5.68. The first-order valence-electron chi connectivity index (χ1n) is 11.1. The van der Waals surface area contributed by atoms with Crippen molar-refractivity contribution < 1.29 is 4.79 Å². The van der Waals surface area contributed by atoms with Gasteiger partial charge in [0.05, 0.1) is 4.70 Å². The second kappa shape index (κ2) is 10.0. The molecule has 7 heteroatoms. The van der Waals surface area contributed by atoms with Crippen molar-refractivity contribution in [3.63, 3.8) is 0 Å². The molecule has 1 amide bonds. The van der Waals surface area contributed by atoms with Crippen molar-refractivity contribution in [1.29, 1.82) is 0 Å². The highest BCUT2D eigenvalue weighted by Gasteiger charge is 2.21. The first-order valence-corrected chi connectivity index (χ1v) is 12.7. The van der Waals surface area contributed by atoms with Crippen LogP contribution in [0.4, 0.5) is 11.5 Å². The number of piperazine rings is 1. The number of hydrogen-bond acceptors (Lipinski definition) is 5. The van der Waals surface area contributed by atoms with Gasteiger partial charge in [-0.05, 0) is 59.9 Å². The summed E-state index contributed by atoms with van der Waals surface area (Å²) in [7, 11) is 0. The minimum absolute atomic E-state index is 0.0900. The third-order valence-electron chi connectivity index (χ3n) is 6.08. The minimum atomic E-state index is -0.0900. The fourth-order valence-corrected chi connectivity index (χ4v) is 5.44. The van der Waals surface area contributed by atoms with E-state index >= 15 is 0 Å². The smallest absolute Gasteiger partial charge is 0.255 e. The summed E-state index contributed by atoms with van der Waals surface area (Å²) in [5.41, 5.74) is 2.69. The zero-order valence-electron chi connectivity index (χ0n) is 18.2. The third kappa shape index (κ3) is 5.11. The van der Waals surface area contributed by atoms with Gasteiger partial charge in [-0.2, -0.15) is 4.37 Å². The Kier molecular flexibility index (Phi) is 6.71. The molecule has 0 atom stereocenters. The highest BCUT2D eigenvalue weighted by atomic mass is 79.9. The molecule has 1 aliphatic heterocycles. The van der Waals surface area contributed by atoms with Gasteiger partial charge in [0.2, 0.25) is 0 Å². The molecule has 0 saturated carbocycles. The van der Waals surface area contributed by atoms with Crippen LogP contribution in [-0.4, -0.2) is 47.9 Å². The number of nitrogens with zero attached hydrogens (tertiary/aromatic N) is 3. The number of nitrogens with one attached hydrogen (secondary N) is 1. The van der Waals surface area contributed by atoms with Crippen molar-refractivity contribution in [2.24, 2.45) is 0 Å². The lowest BCUT2D eigenvalue weighted by molar-refractivity contribution is 0.102. The maximum Gasteiger partial charge on any atom is 0.255 e. The van der Waals surface area contributed by atoms with E-state index in [1.54, 1.807) is 11.5 Å². The Balaban J connectivity index is 1.18. The molecule has 33 heavy (non-hydrogen) atoms. The van der Waals surface area contributed by atoms with Gasteiger partial charge in [-0.3, -0.25) is 9.69 Å². The molecule has 5 rings (SSSR count). The van der Waals surface area contributed by atoms with Crippen molar-refractivity contribution in [1.82, 2.24) is 9.27 Å². The summed E-state index contributed by atoms with van der Waals surface area (Å²) in [6, 6.07) is 24.0. The molecular weight excluding hydrogens is 496 g/mol. The van der Waals surface area contributed by atoms with E-state index < -0.39 is 0 Å². The molecule has 4 aromatic rings. The Morgan fingerprint density at radius 1 is 0.970 bits per heavy atom. The first kappa shape index (κ1) is 22.1. The lowest BCUT2D eigenvalue weighted by Crippen LogP contribution is -2.47. The lowest BCUT2D eigenvalue weighted by atomic mass is 10.1. The number of para-hydroxylation sites is 1. The van der Waals surface area contributed by atoms with Gasteiger partial charge in [-0.25, -0.2) is 0 Å². The van der Waals surface area contributed by atoms with Crippen LogP contribution in [0.3, 0.4) is 0 Å². The maximum absolute atomic E-state index is 12.7. The number of halogens is 1. The van der Waals surface area contributed by atoms with Gasteiger partial charge in [-0.15, -0.1) is 0 Å². The van der Waals surface area contributed by atoms with Crippen molar-refractivity contribution in [2.45, 2.75) is 6.42 Å². The molecule has 0 unspecified atom stereocenters. The molecule has 1 N–H and O–H groups in total. The fraction of sp³-hybridized carbons (Fsp3) is 0.231. The van der Waals surface area contributed by atoms with Crippen LogP contribution in [0.15, 0.2) is 77.3 Å². The number of fused-ring (bicyclic) bond motifs is 1. The van der Waals surface area contributed by atoms with E-state index in [2.05, 4.69) is 61.4 Å². The van der Waals surface area contributed by atoms with Crippen molar-refractivity contribution in [3.8, 4) is 0 Å². The van der Waals surface area contributed by atoms with Gasteiger partial charge < -0.3 is 10.2 Å². The molecule has 0 bridgehead atoms. The number of hydrogen-bond donors (Lipinski definition) is 1. The molecule has 0 aliphatic carbocycles. The molecule has 168 valence electrons. The predicted molar refractivity (Wildman–Crippen MR) is 141 cm³/mol. The van der Waals surface area contributed by atoms with Crippen LogP contribution < -0.4 is 10.2 Å². The van der Waals surface area contributed by atoms with E-state index in [-0.39, 0.29) is 5.91 Å². The molecule has 0 radical (unpaired) electrons. The molecule has 2 heterocycles. The summed E-state index contributed by atoms with van der Waals surface area (Å²) >= 11 is 5.01. The van der Waals surface area contributed by atoms with Gasteiger partial charge >= 0.3 is 0 Å². The van der Waals surface area contributed by atoms with Crippen molar-refractivity contribution >= 4 is 55.0 Å². The third-order valence-corrected chi connectivity index (χ3v) is 7.39. The Bertz CT molecular complexity index is 1270. The average Bonchev–Trinajstić information content (AvgIpc) is 3.28. The van der Waals surface area contributed by atoms with Crippen LogP contribution >= 0.6 is 27.5 Å². The number of aromatic nitrogens is 1. The Labute approximate surface area is 206 Å². The summed E-state index contributed by atoms with van der Waals surface area (Å²) in [4.78, 5) is 17.6. The molecule has 1 saturated heterocycles. The highest BCUT2D eigenvalue weighted by molar-refractivity contribution is 9.10. The summed E-state index contributed by atoms with van der Waals surface area (Å²) in [6.07, 6.45) is 0.897. The van der Waals surface area contributed by atoms with Gasteiger partial charge in [0, 0.05) is 53.8 Å². The quantitative estimate of drug-likeness (QED) is 0.355. The van der Waals surface area contributed by atoms with Crippen molar-refractivity contribution in [2.75, 3.05) is 42.9 Å². The lowest BCUT2D eigenvalue weighted by Gasteiger charge is -2.35. The van der Waals surface area contributed by atoms with Gasteiger partial charge in [-0.1, -0.05) is 52.3 Å². The van der Waals surface area contributed by atoms with E-state index in [4.69, 9.17) is 4.37 Å². The van der Waals surface area contributed by atoms with E-state index in [0.717, 1.165) is 60.7 Å². The van der Waals surface area contributed by atoms with Gasteiger partial charge in [0.1, 0.15) is 5.82 Å². The number of amides is 1. The monoisotopic (exact) mass is 520 g/mol. The zero-order chi connectivity index (χ0) is 22.6. The summed E-state index contributed by atoms with van der Waals surface area (Å²) in [6.45, 7) is 4.95. The zero-order valence-corrected chi connectivity index (χ0v) is 20.6. The maximum atomic E-state index is 12.7. The first-order chi connectivity index (χ1) is 16.2. The standard InChI is InChI=1S/C26H25BrN4OS/c27-21-8-5-7-20(18-21)26(32)28-23-10-3-1-6-19(23)12-13-30-14-16-31(17-15-30)25-22-9-2-4-11-24(22)33-29-25/h1-11,18H,12-17H2,(H,28,32). The molecule has 1 aromatic heterocycles. The summed E-state index contributed by atoms with van der Waals surface area (Å²) in [5.74, 6) is 1.03. The van der Waals surface area contributed by atoms with E-state index in [9.17, 15) is 4.79 Å². The Morgan fingerprint density at radius 3 is 2.61 bits per heavy atom. The van der Waals surface area contributed by atoms with Crippen LogP contribution in [0.25, 0.3) is 10.1 Å². The van der Waals surface area contributed by atoms with E-state index in [1.807, 2.05) is 42.5 Å². The fourth-order valence-electron chi connectivity index (χ4n) is 4.25. The number of carbonyl (C=O) groups excluding carboxylic acids is 1. The number of carbonyl (C=O) groups is 1. The molecular formula is C26H25BrN4OS.